The highest BCUT2D eigenvalue weighted by Gasteiger charge is 2.12. The van der Waals surface area contributed by atoms with Crippen molar-refractivity contribution in [1.29, 1.82) is 0 Å². The number of hydrogen-bond acceptors (Lipinski definition) is 6. The molecule has 1 aromatic carbocycles. The predicted octanol–water partition coefficient (Wildman–Crippen LogP) is 2.70. The van der Waals surface area contributed by atoms with Crippen LogP contribution in [0.25, 0.3) is 16.7 Å². The lowest BCUT2D eigenvalue weighted by atomic mass is 10.3. The summed E-state index contributed by atoms with van der Waals surface area (Å²) in [7, 11) is 0. The molecule has 0 atom stereocenters. The number of nitrogens with one attached hydrogen (secondary N) is 1. The molecular formula is C16H13N5O2S. The molecule has 3 heterocycles. The van der Waals surface area contributed by atoms with Gasteiger partial charge in [-0.3, -0.25) is 4.79 Å². The van der Waals surface area contributed by atoms with Crippen LogP contribution in [-0.2, 0) is 5.75 Å². The molecule has 0 saturated heterocycles. The Bertz CT molecular complexity index is 1050. The maximum absolute atomic E-state index is 12.3. The zero-order valence-electron chi connectivity index (χ0n) is 12.8. The third kappa shape index (κ3) is 2.71. The first-order valence-electron chi connectivity index (χ1n) is 7.29. The molecule has 0 spiro atoms. The largest absolute Gasteiger partial charge is 0.360 e. The third-order valence-electron chi connectivity index (χ3n) is 3.45. The molecule has 0 amide bonds. The van der Waals surface area contributed by atoms with Crippen LogP contribution in [0, 0.1) is 6.92 Å². The van der Waals surface area contributed by atoms with Crippen molar-refractivity contribution >= 4 is 22.8 Å². The first-order valence-corrected chi connectivity index (χ1v) is 8.28. The summed E-state index contributed by atoms with van der Waals surface area (Å²) in [5.41, 5.74) is 2.00. The van der Waals surface area contributed by atoms with Gasteiger partial charge in [0.1, 0.15) is 11.1 Å². The molecule has 0 aliphatic heterocycles. The van der Waals surface area contributed by atoms with Gasteiger partial charge in [-0.25, -0.2) is 9.67 Å². The standard InChI is InChI=1S/C16H13N5O2S/c1-10-7-12(23-20-10)9-24-16-18-14-13(15(22)19-16)8-17-21(14)11-5-3-2-4-6-11/h2-8H,9H2,1H3,(H,18,19,22). The van der Waals surface area contributed by atoms with Gasteiger partial charge in [0.2, 0.25) is 0 Å². The normalized spacial score (nSPS) is 11.2. The lowest BCUT2D eigenvalue weighted by Gasteiger charge is -2.03. The number of aromatic nitrogens is 5. The van der Waals surface area contributed by atoms with E-state index in [9.17, 15) is 4.79 Å². The summed E-state index contributed by atoms with van der Waals surface area (Å²) in [6.45, 7) is 1.86. The van der Waals surface area contributed by atoms with E-state index in [-0.39, 0.29) is 5.56 Å². The maximum Gasteiger partial charge on any atom is 0.262 e. The highest BCUT2D eigenvalue weighted by Crippen LogP contribution is 2.21. The number of rotatable bonds is 4. The molecule has 120 valence electrons. The van der Waals surface area contributed by atoms with Crippen molar-refractivity contribution < 1.29 is 4.52 Å². The second kappa shape index (κ2) is 5.97. The Morgan fingerprint density at radius 1 is 1.29 bits per heavy atom. The van der Waals surface area contributed by atoms with Crippen LogP contribution in [0.1, 0.15) is 11.5 Å². The zero-order chi connectivity index (χ0) is 16.5. The van der Waals surface area contributed by atoms with Crippen molar-refractivity contribution in [3.8, 4) is 5.69 Å². The summed E-state index contributed by atoms with van der Waals surface area (Å²) in [5, 5.41) is 9.10. The van der Waals surface area contributed by atoms with E-state index in [1.54, 1.807) is 4.68 Å². The second-order valence-electron chi connectivity index (χ2n) is 5.22. The molecule has 7 nitrogen and oxygen atoms in total. The summed E-state index contributed by atoms with van der Waals surface area (Å²) in [5.74, 6) is 1.27. The number of nitrogens with zero attached hydrogens (tertiary/aromatic N) is 4. The van der Waals surface area contributed by atoms with Gasteiger partial charge in [-0.2, -0.15) is 5.10 Å². The summed E-state index contributed by atoms with van der Waals surface area (Å²) < 4.78 is 6.83. The van der Waals surface area contributed by atoms with Crippen molar-refractivity contribution in [3.05, 3.63) is 64.4 Å². The van der Waals surface area contributed by atoms with Crippen molar-refractivity contribution in [2.75, 3.05) is 0 Å². The Morgan fingerprint density at radius 2 is 2.12 bits per heavy atom. The molecule has 1 N–H and O–H groups in total. The van der Waals surface area contributed by atoms with Gasteiger partial charge >= 0.3 is 0 Å². The Kier molecular flexibility index (Phi) is 3.66. The highest BCUT2D eigenvalue weighted by molar-refractivity contribution is 7.98. The second-order valence-corrected chi connectivity index (χ2v) is 6.19. The number of para-hydroxylation sites is 1. The van der Waals surface area contributed by atoms with Gasteiger partial charge in [-0.05, 0) is 19.1 Å². The van der Waals surface area contributed by atoms with Crippen LogP contribution in [0.15, 0.2) is 57.1 Å². The third-order valence-corrected chi connectivity index (χ3v) is 4.34. The molecule has 0 fully saturated rings. The van der Waals surface area contributed by atoms with Gasteiger partial charge in [-0.15, -0.1) is 0 Å². The monoisotopic (exact) mass is 339 g/mol. The molecule has 3 aromatic heterocycles. The summed E-state index contributed by atoms with van der Waals surface area (Å²) in [6, 6.07) is 11.4. The van der Waals surface area contributed by atoms with Gasteiger partial charge in [0.05, 0.1) is 23.3 Å². The average molecular weight is 339 g/mol. The van der Waals surface area contributed by atoms with Crippen LogP contribution in [0.2, 0.25) is 0 Å². The number of thioether (sulfide) groups is 1. The van der Waals surface area contributed by atoms with E-state index in [2.05, 4.69) is 20.2 Å². The molecule has 0 radical (unpaired) electrons. The first kappa shape index (κ1) is 14.7. The van der Waals surface area contributed by atoms with E-state index < -0.39 is 0 Å². The SMILES string of the molecule is Cc1cc(CSc2nc3c(cnn3-c3ccccc3)c(=O)[nH]2)on1. The number of benzene rings is 1. The summed E-state index contributed by atoms with van der Waals surface area (Å²) in [6.07, 6.45) is 1.53. The van der Waals surface area contributed by atoms with E-state index in [4.69, 9.17) is 4.52 Å². The fraction of sp³-hybridized carbons (Fsp3) is 0.125. The predicted molar refractivity (Wildman–Crippen MR) is 90.3 cm³/mol. The van der Waals surface area contributed by atoms with Crippen LogP contribution < -0.4 is 5.56 Å². The molecule has 24 heavy (non-hydrogen) atoms. The highest BCUT2D eigenvalue weighted by atomic mass is 32.2. The fourth-order valence-electron chi connectivity index (χ4n) is 2.35. The Hall–Kier alpha value is -2.87. The van der Waals surface area contributed by atoms with Crippen molar-refractivity contribution in [2.45, 2.75) is 17.8 Å². The number of hydrogen-bond donors (Lipinski definition) is 1. The quantitative estimate of drug-likeness (QED) is 0.454. The number of H-pyrrole nitrogens is 1. The van der Waals surface area contributed by atoms with Gasteiger partial charge in [0.25, 0.3) is 5.56 Å². The Morgan fingerprint density at radius 3 is 2.88 bits per heavy atom. The molecule has 0 aliphatic rings. The minimum atomic E-state index is -0.210. The molecule has 8 heteroatoms. The minimum absolute atomic E-state index is 0.210. The van der Waals surface area contributed by atoms with Gasteiger partial charge in [0, 0.05) is 6.07 Å². The van der Waals surface area contributed by atoms with Gasteiger partial charge < -0.3 is 9.51 Å². The van der Waals surface area contributed by atoms with E-state index >= 15 is 0 Å². The van der Waals surface area contributed by atoms with Crippen molar-refractivity contribution in [3.63, 3.8) is 0 Å². The minimum Gasteiger partial charge on any atom is -0.360 e. The van der Waals surface area contributed by atoms with Crippen LogP contribution in [0.3, 0.4) is 0 Å². The van der Waals surface area contributed by atoms with Gasteiger partial charge in [0.15, 0.2) is 10.8 Å². The average Bonchev–Trinajstić information content (AvgIpc) is 3.20. The number of aryl methyl sites for hydroxylation is 1. The Labute approximate surface area is 140 Å². The van der Waals surface area contributed by atoms with E-state index in [1.165, 1.54) is 18.0 Å². The Balaban J connectivity index is 1.71. The van der Waals surface area contributed by atoms with Crippen LogP contribution >= 0.6 is 11.8 Å². The van der Waals surface area contributed by atoms with E-state index in [1.807, 2.05) is 43.3 Å². The molecule has 0 aliphatic carbocycles. The lowest BCUT2D eigenvalue weighted by Crippen LogP contribution is -2.09. The first-order chi connectivity index (χ1) is 11.7. The summed E-state index contributed by atoms with van der Waals surface area (Å²) >= 11 is 1.38. The molecule has 0 unspecified atom stereocenters. The number of aromatic amines is 1. The van der Waals surface area contributed by atoms with Gasteiger partial charge in [-0.1, -0.05) is 35.1 Å². The van der Waals surface area contributed by atoms with Crippen LogP contribution in [0.5, 0.6) is 0 Å². The maximum atomic E-state index is 12.3. The number of fused-ring (bicyclic) bond motifs is 1. The van der Waals surface area contributed by atoms with Crippen LogP contribution in [0.4, 0.5) is 0 Å². The van der Waals surface area contributed by atoms with Crippen LogP contribution in [-0.4, -0.2) is 24.9 Å². The lowest BCUT2D eigenvalue weighted by molar-refractivity contribution is 0.391. The smallest absolute Gasteiger partial charge is 0.262 e. The summed E-state index contributed by atoms with van der Waals surface area (Å²) in [4.78, 5) is 19.6. The molecule has 0 bridgehead atoms. The van der Waals surface area contributed by atoms with Crippen molar-refractivity contribution in [2.24, 2.45) is 0 Å². The topological polar surface area (TPSA) is 89.6 Å². The van der Waals surface area contributed by atoms with Crippen molar-refractivity contribution in [1.82, 2.24) is 24.9 Å². The molecule has 4 rings (SSSR count). The molecule has 0 saturated carbocycles. The van der Waals surface area contributed by atoms with E-state index in [0.717, 1.165) is 17.1 Å². The fourth-order valence-corrected chi connectivity index (χ4v) is 3.08. The molecule has 4 aromatic rings. The molecular weight excluding hydrogens is 326 g/mol. The zero-order valence-corrected chi connectivity index (χ0v) is 13.6. The van der Waals surface area contributed by atoms with E-state index in [0.29, 0.717) is 21.9 Å².